The van der Waals surface area contributed by atoms with E-state index in [9.17, 15) is 19.3 Å². The van der Waals surface area contributed by atoms with Gasteiger partial charge in [0.25, 0.3) is 5.69 Å². The first-order chi connectivity index (χ1) is 13.4. The first-order valence-corrected chi connectivity index (χ1v) is 8.59. The van der Waals surface area contributed by atoms with E-state index in [-0.39, 0.29) is 31.0 Å². The number of ether oxygens (including phenoxy) is 2. The maximum absolute atomic E-state index is 13.8. The van der Waals surface area contributed by atoms with Gasteiger partial charge in [-0.2, -0.15) is 0 Å². The second-order valence-electron chi connectivity index (χ2n) is 6.40. The number of nitro groups is 1. The summed E-state index contributed by atoms with van der Waals surface area (Å²) in [6.45, 7) is 2.08. The summed E-state index contributed by atoms with van der Waals surface area (Å²) in [5, 5.41) is 10.9. The predicted octanol–water partition coefficient (Wildman–Crippen LogP) is 3.83. The van der Waals surface area contributed by atoms with Crippen LogP contribution >= 0.6 is 0 Å². The number of carbonyl (C=O) groups excluding carboxylic acids is 1. The lowest BCUT2D eigenvalue weighted by molar-refractivity contribution is -0.384. The summed E-state index contributed by atoms with van der Waals surface area (Å²) in [6, 6.07) is 8.38. The lowest BCUT2D eigenvalue weighted by Crippen LogP contribution is -2.28. The minimum Gasteiger partial charge on any atom is -0.467 e. The molecule has 0 bridgehead atoms. The van der Waals surface area contributed by atoms with Gasteiger partial charge in [0, 0.05) is 36.4 Å². The van der Waals surface area contributed by atoms with Crippen molar-refractivity contribution >= 4 is 17.7 Å². The van der Waals surface area contributed by atoms with Crippen LogP contribution in [0.2, 0.25) is 0 Å². The summed E-state index contributed by atoms with van der Waals surface area (Å²) >= 11 is 0. The van der Waals surface area contributed by atoms with Gasteiger partial charge in [-0.1, -0.05) is 12.1 Å². The molecule has 1 aliphatic heterocycles. The van der Waals surface area contributed by atoms with Gasteiger partial charge in [0.2, 0.25) is 5.91 Å². The summed E-state index contributed by atoms with van der Waals surface area (Å²) in [5.41, 5.74) is 1.63. The van der Waals surface area contributed by atoms with Crippen molar-refractivity contribution in [2.24, 2.45) is 0 Å². The monoisotopic (exact) mass is 386 g/mol. The van der Waals surface area contributed by atoms with Crippen LogP contribution in [0, 0.1) is 15.9 Å². The molecular formula is C20H19FN2O5. The van der Waals surface area contributed by atoms with Crippen LogP contribution in [0.15, 0.2) is 42.5 Å². The Morgan fingerprint density at radius 1 is 1.36 bits per heavy atom. The first-order valence-electron chi connectivity index (χ1n) is 8.59. The van der Waals surface area contributed by atoms with Crippen LogP contribution in [0.1, 0.15) is 29.7 Å². The van der Waals surface area contributed by atoms with E-state index in [1.54, 1.807) is 26.1 Å². The minimum absolute atomic E-state index is 0.0357. The Bertz CT molecular complexity index is 944. The summed E-state index contributed by atoms with van der Waals surface area (Å²) in [6.07, 6.45) is 2.81. The fourth-order valence-corrected chi connectivity index (χ4v) is 2.92. The zero-order valence-electron chi connectivity index (χ0n) is 15.4. The fourth-order valence-electron chi connectivity index (χ4n) is 2.92. The van der Waals surface area contributed by atoms with Gasteiger partial charge in [0.1, 0.15) is 11.6 Å². The lowest BCUT2D eigenvalue weighted by atomic mass is 10.1. The molecule has 1 unspecified atom stereocenters. The SMILES string of the molecule is CC(c1cccc([N+](=O)[O-])c1)N(C)C(=O)C=Cc1cc(F)cc2c1OCOC2. The van der Waals surface area contributed by atoms with Gasteiger partial charge in [-0.15, -0.1) is 0 Å². The molecule has 1 amide bonds. The molecule has 0 N–H and O–H groups in total. The second kappa shape index (κ2) is 8.18. The third-order valence-electron chi connectivity index (χ3n) is 4.60. The van der Waals surface area contributed by atoms with Crippen LogP contribution in [-0.2, 0) is 16.1 Å². The zero-order chi connectivity index (χ0) is 20.3. The Labute approximate surface area is 161 Å². The number of halogens is 1. The number of likely N-dealkylation sites (N-methyl/N-ethyl adjacent to an activating group) is 1. The number of benzene rings is 2. The molecule has 2 aromatic carbocycles. The average molecular weight is 386 g/mol. The van der Waals surface area contributed by atoms with Crippen molar-refractivity contribution in [3.63, 3.8) is 0 Å². The first kappa shape index (κ1) is 19.5. The molecule has 2 aromatic rings. The van der Waals surface area contributed by atoms with Crippen LogP contribution in [0.5, 0.6) is 5.75 Å². The van der Waals surface area contributed by atoms with E-state index >= 15 is 0 Å². The highest BCUT2D eigenvalue weighted by Gasteiger charge is 2.19. The highest BCUT2D eigenvalue weighted by atomic mass is 19.1. The normalized spacial score (nSPS) is 14.2. The third kappa shape index (κ3) is 4.17. The van der Waals surface area contributed by atoms with Crippen LogP contribution in [0.4, 0.5) is 10.1 Å². The van der Waals surface area contributed by atoms with Crippen LogP contribution in [0.3, 0.4) is 0 Å². The van der Waals surface area contributed by atoms with E-state index in [1.807, 2.05) is 0 Å². The molecule has 1 atom stereocenters. The maximum Gasteiger partial charge on any atom is 0.269 e. The molecule has 28 heavy (non-hydrogen) atoms. The van der Waals surface area contributed by atoms with Crippen molar-refractivity contribution in [3.8, 4) is 5.75 Å². The van der Waals surface area contributed by atoms with Crippen molar-refractivity contribution < 1.29 is 23.6 Å². The van der Waals surface area contributed by atoms with E-state index in [0.717, 1.165) is 0 Å². The number of non-ortho nitro benzene ring substituents is 1. The Balaban J connectivity index is 1.78. The molecule has 0 aromatic heterocycles. The smallest absolute Gasteiger partial charge is 0.269 e. The molecule has 0 spiro atoms. The number of rotatable bonds is 5. The molecule has 146 valence electrons. The summed E-state index contributed by atoms with van der Waals surface area (Å²) in [7, 11) is 1.60. The third-order valence-corrected chi connectivity index (χ3v) is 4.60. The molecule has 1 heterocycles. The number of nitrogens with zero attached hydrogens (tertiary/aromatic N) is 2. The Morgan fingerprint density at radius 2 is 2.14 bits per heavy atom. The molecular weight excluding hydrogens is 367 g/mol. The number of hydrogen-bond acceptors (Lipinski definition) is 5. The van der Waals surface area contributed by atoms with Gasteiger partial charge in [-0.25, -0.2) is 4.39 Å². The van der Waals surface area contributed by atoms with Crippen molar-refractivity contribution in [2.75, 3.05) is 13.8 Å². The molecule has 0 aliphatic carbocycles. The average Bonchev–Trinajstić information content (AvgIpc) is 2.70. The fraction of sp³-hybridized carbons (Fsp3) is 0.250. The molecule has 0 saturated heterocycles. The number of nitro benzene ring substituents is 1. The number of amides is 1. The van der Waals surface area contributed by atoms with Crippen LogP contribution in [-0.4, -0.2) is 29.6 Å². The van der Waals surface area contributed by atoms with Gasteiger partial charge in [-0.05, 0) is 30.7 Å². The van der Waals surface area contributed by atoms with Crippen LogP contribution in [0.25, 0.3) is 6.08 Å². The maximum atomic E-state index is 13.8. The van der Waals surface area contributed by atoms with Crippen molar-refractivity contribution in [2.45, 2.75) is 19.6 Å². The van der Waals surface area contributed by atoms with E-state index in [4.69, 9.17) is 9.47 Å². The molecule has 3 rings (SSSR count). The number of fused-ring (bicyclic) bond motifs is 1. The van der Waals surface area contributed by atoms with Gasteiger partial charge < -0.3 is 14.4 Å². The summed E-state index contributed by atoms with van der Waals surface area (Å²) < 4.78 is 24.4. The van der Waals surface area contributed by atoms with E-state index in [2.05, 4.69) is 0 Å². The topological polar surface area (TPSA) is 81.9 Å². The minimum atomic E-state index is -0.477. The van der Waals surface area contributed by atoms with Crippen LogP contribution < -0.4 is 4.74 Å². The molecule has 1 aliphatic rings. The highest BCUT2D eigenvalue weighted by molar-refractivity contribution is 5.92. The molecule has 7 nitrogen and oxygen atoms in total. The van der Waals surface area contributed by atoms with E-state index in [1.165, 1.54) is 41.3 Å². The quantitative estimate of drug-likeness (QED) is 0.443. The van der Waals surface area contributed by atoms with Crippen molar-refractivity contribution in [3.05, 3.63) is 75.1 Å². The Morgan fingerprint density at radius 3 is 2.89 bits per heavy atom. The largest absolute Gasteiger partial charge is 0.467 e. The Hall–Kier alpha value is -3.26. The molecule has 0 saturated carbocycles. The highest BCUT2D eigenvalue weighted by Crippen LogP contribution is 2.30. The molecule has 0 radical (unpaired) electrons. The predicted molar refractivity (Wildman–Crippen MR) is 100.0 cm³/mol. The van der Waals surface area contributed by atoms with Crippen molar-refractivity contribution in [1.29, 1.82) is 0 Å². The molecule has 8 heteroatoms. The lowest BCUT2D eigenvalue weighted by Gasteiger charge is -2.24. The summed E-state index contributed by atoms with van der Waals surface area (Å²) in [4.78, 5) is 24.5. The standard InChI is InChI=1S/C20H19FN2O5/c1-13(14-4-3-5-18(10-14)23(25)26)22(2)19(24)7-6-15-8-17(21)9-16-11-27-12-28-20(15)16/h3-10,13H,11-12H2,1-2H3. The van der Waals surface area contributed by atoms with Gasteiger partial charge >= 0.3 is 0 Å². The van der Waals surface area contributed by atoms with Gasteiger partial charge in [-0.3, -0.25) is 14.9 Å². The van der Waals surface area contributed by atoms with E-state index in [0.29, 0.717) is 22.4 Å². The Kier molecular flexibility index (Phi) is 5.70. The summed E-state index contributed by atoms with van der Waals surface area (Å²) in [5.74, 6) is -0.284. The van der Waals surface area contributed by atoms with Crippen molar-refractivity contribution in [1.82, 2.24) is 4.90 Å². The number of carbonyl (C=O) groups is 1. The number of hydrogen-bond donors (Lipinski definition) is 0. The molecule has 0 fully saturated rings. The van der Waals surface area contributed by atoms with E-state index < -0.39 is 10.7 Å². The van der Waals surface area contributed by atoms with Gasteiger partial charge in [0.05, 0.1) is 17.6 Å². The second-order valence-corrected chi connectivity index (χ2v) is 6.40. The van der Waals surface area contributed by atoms with Gasteiger partial charge in [0.15, 0.2) is 6.79 Å². The zero-order valence-corrected chi connectivity index (χ0v) is 15.4.